The summed E-state index contributed by atoms with van der Waals surface area (Å²) in [5.41, 5.74) is 1.08. The Morgan fingerprint density at radius 3 is 2.58 bits per heavy atom. The van der Waals surface area contributed by atoms with Crippen LogP contribution in [-0.4, -0.2) is 31.6 Å². The zero-order valence-electron chi connectivity index (χ0n) is 17.2. The van der Waals surface area contributed by atoms with Crippen LogP contribution in [0.25, 0.3) is 5.69 Å². The molecule has 31 heavy (non-hydrogen) atoms. The van der Waals surface area contributed by atoms with Gasteiger partial charge in [-0.05, 0) is 49.7 Å². The van der Waals surface area contributed by atoms with Gasteiger partial charge in [0.25, 0.3) is 11.6 Å². The Hall–Kier alpha value is -3.20. The minimum atomic E-state index is -0.484. The number of benzene rings is 2. The molecule has 2 aromatic carbocycles. The molecule has 0 unspecified atom stereocenters. The van der Waals surface area contributed by atoms with E-state index in [1.807, 2.05) is 41.8 Å². The van der Waals surface area contributed by atoms with Crippen molar-refractivity contribution < 1.29 is 9.72 Å². The van der Waals surface area contributed by atoms with Crippen LogP contribution in [-0.2, 0) is 0 Å². The Morgan fingerprint density at radius 2 is 1.87 bits per heavy atom. The average Bonchev–Trinajstić information content (AvgIpc) is 3.15. The van der Waals surface area contributed by atoms with Crippen LogP contribution in [0.4, 0.5) is 5.69 Å². The van der Waals surface area contributed by atoms with Crippen LogP contribution >= 0.6 is 11.8 Å². The summed E-state index contributed by atoms with van der Waals surface area (Å²) >= 11 is 1.27. The number of amides is 1. The van der Waals surface area contributed by atoms with E-state index < -0.39 is 4.92 Å². The molecule has 0 atom stereocenters. The lowest BCUT2D eigenvalue weighted by atomic mass is 9.95. The molecule has 0 saturated heterocycles. The largest absolute Gasteiger partial charge is 0.349 e. The molecule has 0 radical (unpaired) electrons. The van der Waals surface area contributed by atoms with E-state index in [1.165, 1.54) is 30.3 Å². The Balaban J connectivity index is 1.67. The molecule has 1 N–H and O–H groups in total. The highest BCUT2D eigenvalue weighted by Gasteiger charge is 2.23. The molecule has 1 aliphatic rings. The Morgan fingerprint density at radius 1 is 1.13 bits per heavy atom. The molecule has 1 aromatic heterocycles. The van der Waals surface area contributed by atoms with Crippen molar-refractivity contribution >= 4 is 23.4 Å². The molecule has 1 saturated carbocycles. The van der Waals surface area contributed by atoms with Gasteiger partial charge in [-0.2, -0.15) is 0 Å². The highest BCUT2D eigenvalue weighted by Crippen LogP contribution is 2.33. The van der Waals surface area contributed by atoms with Gasteiger partial charge in [-0.25, -0.2) is 0 Å². The van der Waals surface area contributed by atoms with Crippen LogP contribution in [0, 0.1) is 17.0 Å². The lowest BCUT2D eigenvalue weighted by molar-refractivity contribution is -0.384. The molecule has 1 amide bonds. The number of non-ortho nitro benzene ring substituents is 1. The first-order valence-electron chi connectivity index (χ1n) is 10.3. The second-order valence-electron chi connectivity index (χ2n) is 7.55. The molecule has 0 aliphatic heterocycles. The lowest BCUT2D eigenvalue weighted by Gasteiger charge is -2.23. The number of aromatic nitrogens is 3. The summed E-state index contributed by atoms with van der Waals surface area (Å²) in [6, 6.07) is 14.2. The summed E-state index contributed by atoms with van der Waals surface area (Å²) < 4.78 is 1.90. The molecule has 160 valence electrons. The van der Waals surface area contributed by atoms with Crippen molar-refractivity contribution in [3.05, 3.63) is 70.0 Å². The first-order valence-corrected chi connectivity index (χ1v) is 11.1. The molecular weight excluding hydrogens is 414 g/mol. The third kappa shape index (κ3) is 4.77. The van der Waals surface area contributed by atoms with Crippen LogP contribution in [0.2, 0.25) is 0 Å². The number of nitrogens with one attached hydrogen (secondary N) is 1. The van der Waals surface area contributed by atoms with E-state index in [0.29, 0.717) is 15.9 Å². The molecule has 8 nitrogen and oxygen atoms in total. The number of aryl methyl sites for hydroxylation is 1. The van der Waals surface area contributed by atoms with Crippen LogP contribution in [0.1, 0.15) is 48.3 Å². The molecule has 1 aliphatic carbocycles. The zero-order valence-corrected chi connectivity index (χ0v) is 18.0. The number of rotatable bonds is 6. The number of hydrogen-bond acceptors (Lipinski definition) is 6. The van der Waals surface area contributed by atoms with Crippen molar-refractivity contribution in [3.63, 3.8) is 0 Å². The molecule has 1 fully saturated rings. The Kier molecular flexibility index (Phi) is 6.31. The average molecular weight is 438 g/mol. The quantitative estimate of drug-likeness (QED) is 0.443. The van der Waals surface area contributed by atoms with E-state index in [4.69, 9.17) is 0 Å². The number of nitro benzene ring substituents is 1. The zero-order chi connectivity index (χ0) is 21.8. The predicted molar refractivity (Wildman–Crippen MR) is 118 cm³/mol. The third-order valence-electron chi connectivity index (χ3n) is 5.37. The molecule has 3 aromatic rings. The lowest BCUT2D eigenvalue weighted by Crippen LogP contribution is -2.36. The number of carbonyl (C=O) groups is 1. The van der Waals surface area contributed by atoms with Gasteiger partial charge in [0.05, 0.1) is 10.5 Å². The minimum Gasteiger partial charge on any atom is -0.349 e. The van der Waals surface area contributed by atoms with Crippen molar-refractivity contribution in [2.24, 2.45) is 0 Å². The highest BCUT2D eigenvalue weighted by molar-refractivity contribution is 7.99. The van der Waals surface area contributed by atoms with Gasteiger partial charge in [-0.3, -0.25) is 19.5 Å². The van der Waals surface area contributed by atoms with Gasteiger partial charge in [0.1, 0.15) is 5.82 Å². The second-order valence-corrected chi connectivity index (χ2v) is 8.56. The number of carbonyl (C=O) groups excluding carboxylic acids is 1. The van der Waals surface area contributed by atoms with E-state index in [2.05, 4.69) is 15.5 Å². The van der Waals surface area contributed by atoms with E-state index in [1.54, 1.807) is 6.07 Å². The molecular formula is C22H23N5O3S. The molecule has 9 heteroatoms. The van der Waals surface area contributed by atoms with E-state index >= 15 is 0 Å². The fraction of sp³-hybridized carbons (Fsp3) is 0.318. The SMILES string of the molecule is Cc1nnc(Sc2ccc([N+](=O)[O-])cc2C(=O)NC2CCCCC2)n1-c1ccccc1. The molecule has 0 spiro atoms. The normalized spacial score (nSPS) is 14.4. The summed E-state index contributed by atoms with van der Waals surface area (Å²) in [5, 5.41) is 23.4. The predicted octanol–water partition coefficient (Wildman–Crippen LogP) is 4.70. The number of nitro groups is 1. The number of nitrogens with zero attached hydrogens (tertiary/aromatic N) is 4. The maximum Gasteiger partial charge on any atom is 0.270 e. The standard InChI is InChI=1S/C22H23N5O3S/c1-15-24-25-22(26(15)17-10-6-3-7-11-17)31-20-13-12-18(27(29)30)14-19(20)21(28)23-16-8-4-2-5-9-16/h3,6-7,10-14,16H,2,4-5,8-9H2,1H3,(H,23,28). The fourth-order valence-corrected chi connectivity index (χ4v) is 4.79. The van der Waals surface area contributed by atoms with Crippen molar-refractivity contribution in [1.82, 2.24) is 20.1 Å². The van der Waals surface area contributed by atoms with Gasteiger partial charge < -0.3 is 5.32 Å². The Labute approximate surface area is 184 Å². The third-order valence-corrected chi connectivity index (χ3v) is 6.39. The topological polar surface area (TPSA) is 103 Å². The molecule has 1 heterocycles. The smallest absolute Gasteiger partial charge is 0.270 e. The molecule has 4 rings (SSSR count). The van der Waals surface area contributed by atoms with Crippen molar-refractivity contribution in [2.45, 2.75) is 55.1 Å². The van der Waals surface area contributed by atoms with E-state index in [0.717, 1.165) is 31.4 Å². The van der Waals surface area contributed by atoms with Gasteiger partial charge in [0.15, 0.2) is 0 Å². The molecule has 0 bridgehead atoms. The summed E-state index contributed by atoms with van der Waals surface area (Å²) in [4.78, 5) is 24.5. The van der Waals surface area contributed by atoms with Crippen LogP contribution < -0.4 is 5.32 Å². The highest BCUT2D eigenvalue weighted by atomic mass is 32.2. The van der Waals surface area contributed by atoms with Crippen LogP contribution in [0.15, 0.2) is 58.6 Å². The van der Waals surface area contributed by atoms with Crippen molar-refractivity contribution in [1.29, 1.82) is 0 Å². The van der Waals surface area contributed by atoms with Crippen LogP contribution in [0.3, 0.4) is 0 Å². The van der Waals surface area contributed by atoms with E-state index in [-0.39, 0.29) is 23.2 Å². The van der Waals surface area contributed by atoms with Gasteiger partial charge in [-0.1, -0.05) is 37.5 Å². The first-order chi connectivity index (χ1) is 15.0. The fourth-order valence-electron chi connectivity index (χ4n) is 3.79. The van der Waals surface area contributed by atoms with Crippen molar-refractivity contribution in [2.75, 3.05) is 0 Å². The van der Waals surface area contributed by atoms with Gasteiger partial charge >= 0.3 is 0 Å². The van der Waals surface area contributed by atoms with Gasteiger partial charge in [0, 0.05) is 28.8 Å². The van der Waals surface area contributed by atoms with Gasteiger partial charge in [0.2, 0.25) is 5.16 Å². The summed E-state index contributed by atoms with van der Waals surface area (Å²) in [5.74, 6) is 0.421. The minimum absolute atomic E-state index is 0.105. The maximum absolute atomic E-state index is 13.1. The van der Waals surface area contributed by atoms with Gasteiger partial charge in [-0.15, -0.1) is 10.2 Å². The number of para-hydroxylation sites is 1. The number of hydrogen-bond donors (Lipinski definition) is 1. The second kappa shape index (κ2) is 9.30. The van der Waals surface area contributed by atoms with E-state index in [9.17, 15) is 14.9 Å². The van der Waals surface area contributed by atoms with Crippen LogP contribution in [0.5, 0.6) is 0 Å². The summed E-state index contributed by atoms with van der Waals surface area (Å²) in [6.45, 7) is 1.86. The first kappa shape index (κ1) is 21.0. The monoisotopic (exact) mass is 437 g/mol. The maximum atomic E-state index is 13.1. The summed E-state index contributed by atoms with van der Waals surface area (Å²) in [6.07, 6.45) is 5.22. The Bertz CT molecular complexity index is 1090. The summed E-state index contributed by atoms with van der Waals surface area (Å²) in [7, 11) is 0. The van der Waals surface area contributed by atoms with Crippen molar-refractivity contribution in [3.8, 4) is 5.69 Å².